The maximum atomic E-state index is 12.4. The van der Waals surface area contributed by atoms with Gasteiger partial charge in [-0.05, 0) is 37.3 Å². The average molecular weight is 295 g/mol. The standard InChI is InChI=1S/C17H17N3O2/c1-11-18-14-10-12(8-9-15(14)20(11)2)19-17(21)13-6-4-5-7-16(13)22-3/h4-10H,1-3H3,(H,19,21). The third-order valence-corrected chi connectivity index (χ3v) is 3.71. The second-order valence-corrected chi connectivity index (χ2v) is 5.08. The van der Waals surface area contributed by atoms with Crippen molar-refractivity contribution in [1.82, 2.24) is 9.55 Å². The minimum absolute atomic E-state index is 0.204. The van der Waals surface area contributed by atoms with E-state index in [1.165, 1.54) is 0 Å². The zero-order valence-corrected chi connectivity index (χ0v) is 12.8. The van der Waals surface area contributed by atoms with Crippen LogP contribution >= 0.6 is 0 Å². The summed E-state index contributed by atoms with van der Waals surface area (Å²) in [5.41, 5.74) is 3.11. The molecule has 112 valence electrons. The monoisotopic (exact) mass is 295 g/mol. The molecule has 0 aliphatic carbocycles. The van der Waals surface area contributed by atoms with Crippen LogP contribution in [-0.4, -0.2) is 22.6 Å². The summed E-state index contributed by atoms with van der Waals surface area (Å²) in [6.07, 6.45) is 0. The Balaban J connectivity index is 1.91. The predicted molar refractivity (Wildman–Crippen MR) is 86.4 cm³/mol. The number of nitrogens with one attached hydrogen (secondary N) is 1. The number of carbonyl (C=O) groups is 1. The fraction of sp³-hybridized carbons (Fsp3) is 0.176. The van der Waals surface area contributed by atoms with Crippen LogP contribution in [0.2, 0.25) is 0 Å². The second-order valence-electron chi connectivity index (χ2n) is 5.08. The van der Waals surface area contributed by atoms with Crippen LogP contribution in [0.3, 0.4) is 0 Å². The van der Waals surface area contributed by atoms with Crippen LogP contribution in [0, 0.1) is 6.92 Å². The molecular weight excluding hydrogens is 278 g/mol. The van der Waals surface area contributed by atoms with Crippen molar-refractivity contribution in [2.45, 2.75) is 6.92 Å². The molecule has 0 aliphatic rings. The van der Waals surface area contributed by atoms with E-state index in [1.54, 1.807) is 19.2 Å². The maximum Gasteiger partial charge on any atom is 0.259 e. The van der Waals surface area contributed by atoms with Gasteiger partial charge in [0.1, 0.15) is 11.6 Å². The van der Waals surface area contributed by atoms with Crippen LogP contribution < -0.4 is 10.1 Å². The van der Waals surface area contributed by atoms with Gasteiger partial charge in [0.05, 0.1) is 23.7 Å². The first-order valence-corrected chi connectivity index (χ1v) is 6.97. The molecule has 5 nitrogen and oxygen atoms in total. The van der Waals surface area contributed by atoms with Crippen LogP contribution in [0.15, 0.2) is 42.5 Å². The van der Waals surface area contributed by atoms with Crippen molar-refractivity contribution < 1.29 is 9.53 Å². The lowest BCUT2D eigenvalue weighted by Gasteiger charge is -2.09. The molecule has 1 aromatic heterocycles. The molecule has 1 heterocycles. The van der Waals surface area contributed by atoms with Crippen LogP contribution in [0.4, 0.5) is 5.69 Å². The van der Waals surface area contributed by atoms with E-state index in [-0.39, 0.29) is 5.91 Å². The minimum atomic E-state index is -0.204. The van der Waals surface area contributed by atoms with E-state index in [4.69, 9.17) is 4.74 Å². The number of rotatable bonds is 3. The van der Waals surface area contributed by atoms with Crippen molar-refractivity contribution in [1.29, 1.82) is 0 Å². The first-order valence-electron chi connectivity index (χ1n) is 6.97. The predicted octanol–water partition coefficient (Wildman–Crippen LogP) is 3.14. The van der Waals surface area contributed by atoms with E-state index in [0.29, 0.717) is 17.0 Å². The van der Waals surface area contributed by atoms with Crippen LogP contribution in [-0.2, 0) is 7.05 Å². The number of para-hydroxylation sites is 1. The number of imidazole rings is 1. The molecule has 1 N–H and O–H groups in total. The summed E-state index contributed by atoms with van der Waals surface area (Å²) in [4.78, 5) is 16.9. The number of ether oxygens (including phenoxy) is 1. The number of methoxy groups -OCH3 is 1. The topological polar surface area (TPSA) is 56.1 Å². The van der Waals surface area contributed by atoms with Crippen LogP contribution in [0.1, 0.15) is 16.2 Å². The lowest BCUT2D eigenvalue weighted by atomic mass is 10.2. The van der Waals surface area contributed by atoms with Gasteiger partial charge in [-0.2, -0.15) is 0 Å². The number of carbonyl (C=O) groups excluding carboxylic acids is 1. The van der Waals surface area contributed by atoms with Gasteiger partial charge >= 0.3 is 0 Å². The van der Waals surface area contributed by atoms with Crippen molar-refractivity contribution in [2.24, 2.45) is 7.05 Å². The Morgan fingerprint density at radius 1 is 1.23 bits per heavy atom. The van der Waals surface area contributed by atoms with E-state index in [0.717, 1.165) is 16.9 Å². The molecule has 0 aliphatic heterocycles. The Kier molecular flexibility index (Phi) is 3.55. The summed E-state index contributed by atoms with van der Waals surface area (Å²) >= 11 is 0. The first-order chi connectivity index (χ1) is 10.6. The van der Waals surface area contributed by atoms with Gasteiger partial charge in [0.25, 0.3) is 5.91 Å². The van der Waals surface area contributed by atoms with Gasteiger partial charge < -0.3 is 14.6 Å². The summed E-state index contributed by atoms with van der Waals surface area (Å²) in [6, 6.07) is 12.8. The van der Waals surface area contributed by atoms with Crippen molar-refractivity contribution in [3.05, 3.63) is 53.9 Å². The highest BCUT2D eigenvalue weighted by Gasteiger charge is 2.12. The number of aryl methyl sites for hydroxylation is 2. The highest BCUT2D eigenvalue weighted by molar-refractivity contribution is 6.06. The van der Waals surface area contributed by atoms with E-state index in [1.807, 2.05) is 48.9 Å². The van der Waals surface area contributed by atoms with Gasteiger partial charge in [-0.25, -0.2) is 4.98 Å². The van der Waals surface area contributed by atoms with E-state index >= 15 is 0 Å². The molecule has 22 heavy (non-hydrogen) atoms. The van der Waals surface area contributed by atoms with Crippen molar-refractivity contribution in [2.75, 3.05) is 12.4 Å². The maximum absolute atomic E-state index is 12.4. The second kappa shape index (κ2) is 5.52. The third-order valence-electron chi connectivity index (χ3n) is 3.71. The van der Waals surface area contributed by atoms with Crippen LogP contribution in [0.5, 0.6) is 5.75 Å². The molecule has 2 aromatic carbocycles. The summed E-state index contributed by atoms with van der Waals surface area (Å²) in [5, 5.41) is 2.89. The van der Waals surface area contributed by atoms with Gasteiger partial charge in [-0.3, -0.25) is 4.79 Å². The number of nitrogens with zero attached hydrogens (tertiary/aromatic N) is 2. The van der Waals surface area contributed by atoms with Crippen molar-refractivity contribution >= 4 is 22.6 Å². The van der Waals surface area contributed by atoms with Gasteiger partial charge in [0.15, 0.2) is 0 Å². The number of fused-ring (bicyclic) bond motifs is 1. The lowest BCUT2D eigenvalue weighted by molar-refractivity contribution is 0.102. The van der Waals surface area contributed by atoms with E-state index < -0.39 is 0 Å². The molecular formula is C17H17N3O2. The molecule has 3 rings (SSSR count). The fourth-order valence-electron chi connectivity index (χ4n) is 2.43. The summed E-state index contributed by atoms with van der Waals surface area (Å²) in [7, 11) is 3.52. The Bertz CT molecular complexity index is 852. The number of hydrogen-bond donors (Lipinski definition) is 1. The lowest BCUT2D eigenvalue weighted by Crippen LogP contribution is -2.13. The number of hydrogen-bond acceptors (Lipinski definition) is 3. The summed E-state index contributed by atoms with van der Waals surface area (Å²) < 4.78 is 7.23. The zero-order valence-electron chi connectivity index (χ0n) is 12.8. The number of benzene rings is 2. The molecule has 0 radical (unpaired) electrons. The normalized spacial score (nSPS) is 10.7. The number of anilines is 1. The quantitative estimate of drug-likeness (QED) is 0.807. The molecule has 1 amide bonds. The Morgan fingerprint density at radius 2 is 2.00 bits per heavy atom. The Hall–Kier alpha value is -2.82. The SMILES string of the molecule is COc1ccccc1C(=O)Nc1ccc2c(c1)nc(C)n2C. The largest absolute Gasteiger partial charge is 0.496 e. The summed E-state index contributed by atoms with van der Waals surface area (Å²) in [6.45, 7) is 1.95. The van der Waals surface area contributed by atoms with E-state index in [2.05, 4.69) is 10.3 Å². The van der Waals surface area contributed by atoms with Gasteiger partial charge in [0.2, 0.25) is 0 Å². The third kappa shape index (κ3) is 2.41. The average Bonchev–Trinajstić information content (AvgIpc) is 2.81. The molecule has 0 bridgehead atoms. The molecule has 0 saturated heterocycles. The minimum Gasteiger partial charge on any atom is -0.496 e. The van der Waals surface area contributed by atoms with Gasteiger partial charge in [-0.15, -0.1) is 0 Å². The highest BCUT2D eigenvalue weighted by atomic mass is 16.5. The molecule has 0 unspecified atom stereocenters. The fourth-order valence-corrected chi connectivity index (χ4v) is 2.43. The molecule has 3 aromatic rings. The van der Waals surface area contributed by atoms with Crippen molar-refractivity contribution in [3.63, 3.8) is 0 Å². The molecule has 0 fully saturated rings. The van der Waals surface area contributed by atoms with Crippen LogP contribution in [0.25, 0.3) is 11.0 Å². The number of amides is 1. The molecule has 0 spiro atoms. The van der Waals surface area contributed by atoms with Crippen molar-refractivity contribution in [3.8, 4) is 5.75 Å². The molecule has 0 atom stereocenters. The van der Waals surface area contributed by atoms with E-state index in [9.17, 15) is 4.79 Å². The number of aromatic nitrogens is 2. The highest BCUT2D eigenvalue weighted by Crippen LogP contribution is 2.22. The van der Waals surface area contributed by atoms with Gasteiger partial charge in [0, 0.05) is 12.7 Å². The Morgan fingerprint density at radius 3 is 2.77 bits per heavy atom. The zero-order chi connectivity index (χ0) is 15.7. The summed E-state index contributed by atoms with van der Waals surface area (Å²) in [5.74, 6) is 1.28. The molecule has 0 saturated carbocycles. The smallest absolute Gasteiger partial charge is 0.259 e. The Labute approximate surface area is 128 Å². The first kappa shape index (κ1) is 14.1. The van der Waals surface area contributed by atoms with Gasteiger partial charge in [-0.1, -0.05) is 12.1 Å². The molecule has 5 heteroatoms.